The van der Waals surface area contributed by atoms with Crippen LogP contribution < -0.4 is 10.6 Å². The van der Waals surface area contributed by atoms with Crippen LogP contribution in [0.3, 0.4) is 0 Å². The largest absolute Gasteiger partial charge is 0.481 e. The van der Waals surface area contributed by atoms with Gasteiger partial charge < -0.3 is 25.7 Å². The number of rotatable bonds is 10. The first-order chi connectivity index (χ1) is 20.2. The quantitative estimate of drug-likeness (QED) is 0.276. The van der Waals surface area contributed by atoms with E-state index in [1.807, 2.05) is 41.5 Å². The van der Waals surface area contributed by atoms with E-state index in [4.69, 9.17) is 0 Å². The minimum atomic E-state index is -0.887. The van der Waals surface area contributed by atoms with Crippen molar-refractivity contribution in [3.8, 4) is 0 Å². The van der Waals surface area contributed by atoms with Crippen LogP contribution in [0.15, 0.2) is 34.9 Å². The number of fused-ring (bicyclic) bond motifs is 1. The molecule has 228 valence electrons. The minimum absolute atomic E-state index is 0.0364. The number of carbonyl (C=O) groups is 4. The third-order valence-corrected chi connectivity index (χ3v) is 10.1. The molecule has 9 heteroatoms. The van der Waals surface area contributed by atoms with Gasteiger partial charge in [0.15, 0.2) is 5.78 Å². The van der Waals surface area contributed by atoms with E-state index in [2.05, 4.69) is 34.1 Å². The normalized spacial score (nSPS) is 25.1. The Labute approximate surface area is 252 Å². The number of carbonyl (C=O) groups excluding carboxylic acids is 3. The molecular weight excluding hydrogens is 544 g/mol. The molecule has 4 atom stereocenters. The van der Waals surface area contributed by atoms with E-state index in [0.717, 1.165) is 62.6 Å². The van der Waals surface area contributed by atoms with Gasteiger partial charge in [0.2, 0.25) is 5.91 Å². The molecule has 0 fully saturated rings. The van der Waals surface area contributed by atoms with Crippen LogP contribution in [0.25, 0.3) is 0 Å². The fourth-order valence-corrected chi connectivity index (χ4v) is 7.67. The molecule has 9 nitrogen and oxygen atoms in total. The summed E-state index contributed by atoms with van der Waals surface area (Å²) in [5.41, 5.74) is 9.74. The van der Waals surface area contributed by atoms with Gasteiger partial charge >= 0.3 is 5.97 Å². The maximum absolute atomic E-state index is 13.8. The molecule has 3 aliphatic rings. The maximum atomic E-state index is 13.8. The van der Waals surface area contributed by atoms with Crippen molar-refractivity contribution in [2.75, 3.05) is 0 Å². The predicted octanol–water partition coefficient (Wildman–Crippen LogP) is 4.64. The first-order valence-electron chi connectivity index (χ1n) is 15.1. The highest BCUT2D eigenvalue weighted by atomic mass is 16.4. The highest BCUT2D eigenvalue weighted by Crippen LogP contribution is 2.46. The van der Waals surface area contributed by atoms with Crippen LogP contribution in [0.2, 0.25) is 0 Å². The van der Waals surface area contributed by atoms with Gasteiger partial charge in [-0.2, -0.15) is 0 Å². The fourth-order valence-electron chi connectivity index (χ4n) is 7.67. The Morgan fingerprint density at radius 1 is 1.02 bits per heavy atom. The number of aliphatic carboxylic acids is 1. The average molecular weight is 587 g/mol. The maximum Gasteiger partial charge on any atom is 0.303 e. The van der Waals surface area contributed by atoms with Crippen molar-refractivity contribution < 1.29 is 24.3 Å². The summed E-state index contributed by atoms with van der Waals surface area (Å²) in [6.07, 6.45) is 3.66. The van der Waals surface area contributed by atoms with Gasteiger partial charge in [-0.25, -0.2) is 0 Å². The van der Waals surface area contributed by atoms with Crippen LogP contribution in [0.5, 0.6) is 0 Å². The summed E-state index contributed by atoms with van der Waals surface area (Å²) >= 11 is 0. The Morgan fingerprint density at radius 3 is 2.30 bits per heavy atom. The van der Waals surface area contributed by atoms with Crippen molar-refractivity contribution >= 4 is 23.6 Å². The van der Waals surface area contributed by atoms with E-state index in [-0.39, 0.29) is 41.9 Å². The molecule has 43 heavy (non-hydrogen) atoms. The third-order valence-electron chi connectivity index (χ3n) is 10.1. The Bertz CT molecular complexity index is 1650. The number of amides is 2. The highest BCUT2D eigenvalue weighted by Gasteiger charge is 2.45. The van der Waals surface area contributed by atoms with Gasteiger partial charge in [-0.1, -0.05) is 26.5 Å². The summed E-state index contributed by atoms with van der Waals surface area (Å²) in [4.78, 5) is 57.7. The third kappa shape index (κ3) is 4.79. The lowest BCUT2D eigenvalue weighted by atomic mass is 9.85. The number of aromatic amines is 2. The summed E-state index contributed by atoms with van der Waals surface area (Å²) in [6, 6.07) is -0.206. The molecule has 2 aromatic heterocycles. The number of aromatic nitrogens is 2. The number of carboxylic acid groups (broad SMARTS) is 1. The molecule has 2 amide bonds. The zero-order valence-electron chi connectivity index (χ0n) is 26.1. The van der Waals surface area contributed by atoms with Crippen LogP contribution in [-0.2, 0) is 33.6 Å². The lowest BCUT2D eigenvalue weighted by Gasteiger charge is -2.28. The van der Waals surface area contributed by atoms with Gasteiger partial charge in [0.25, 0.3) is 5.91 Å². The molecule has 0 bridgehead atoms. The van der Waals surface area contributed by atoms with Gasteiger partial charge in [0.1, 0.15) is 0 Å². The van der Waals surface area contributed by atoms with Gasteiger partial charge in [-0.3, -0.25) is 19.2 Å². The number of hydrogen-bond acceptors (Lipinski definition) is 4. The van der Waals surface area contributed by atoms with Crippen LogP contribution in [0.1, 0.15) is 103 Å². The molecule has 0 aromatic carbocycles. The van der Waals surface area contributed by atoms with Crippen LogP contribution >= 0.6 is 0 Å². The van der Waals surface area contributed by atoms with E-state index < -0.39 is 11.5 Å². The summed E-state index contributed by atoms with van der Waals surface area (Å²) in [7, 11) is 0. The monoisotopic (exact) mass is 586 g/mol. The average Bonchev–Trinajstić information content (AvgIpc) is 3.63. The molecule has 0 radical (unpaired) electrons. The van der Waals surface area contributed by atoms with Gasteiger partial charge in [0, 0.05) is 70.6 Å². The van der Waals surface area contributed by atoms with Gasteiger partial charge in [-0.05, 0) is 75.3 Å². The second kappa shape index (κ2) is 10.8. The topological polar surface area (TPSA) is 144 Å². The predicted molar refractivity (Wildman–Crippen MR) is 164 cm³/mol. The number of hydrogen-bond donors (Lipinski definition) is 5. The highest BCUT2D eigenvalue weighted by molar-refractivity contribution is 6.05. The van der Waals surface area contributed by atoms with Crippen molar-refractivity contribution in [3.05, 3.63) is 80.0 Å². The standard InChI is InChI=1S/C34H42N4O5/c1-9-20-15(3)24(37-33(20)43)13-23-16(4)21(11-12-26(39)40)29(35-23)27-19(7)31(41)28-18(6)25(36-30(27)28)14-34(8)22(10-2)17(5)32(42)38-34/h9,19,24,27,35-36H,1,10-14H2,2-8H3,(H,37,43)(H,38,42)(H,39,40). The molecule has 5 rings (SSSR count). The molecule has 4 heterocycles. The second-order valence-electron chi connectivity index (χ2n) is 12.6. The van der Waals surface area contributed by atoms with E-state index >= 15 is 0 Å². The van der Waals surface area contributed by atoms with E-state index in [1.165, 1.54) is 0 Å². The zero-order chi connectivity index (χ0) is 31.5. The van der Waals surface area contributed by atoms with E-state index in [9.17, 15) is 24.3 Å². The van der Waals surface area contributed by atoms with Crippen LogP contribution in [0.4, 0.5) is 0 Å². The second-order valence-corrected chi connectivity index (χ2v) is 12.6. The Kier molecular flexibility index (Phi) is 7.65. The van der Waals surface area contributed by atoms with E-state index in [1.54, 1.807) is 6.08 Å². The summed E-state index contributed by atoms with van der Waals surface area (Å²) in [5.74, 6) is -1.69. The van der Waals surface area contributed by atoms with Crippen molar-refractivity contribution in [3.63, 3.8) is 0 Å². The SMILES string of the molecule is C=CC1=C(C)C(Cc2[nH]c(C3c4[nH]c(CC5(C)NC(=O)C(C)=C5CC)c(C)c4C(=O)C3C)c(CCC(=O)O)c2C)NC1=O. The Morgan fingerprint density at radius 2 is 1.70 bits per heavy atom. The fraction of sp³-hybridized carbons (Fsp3) is 0.471. The molecule has 2 aliphatic heterocycles. The van der Waals surface area contributed by atoms with Crippen molar-refractivity contribution in [1.82, 2.24) is 20.6 Å². The number of ketones is 1. The summed E-state index contributed by atoms with van der Waals surface area (Å²) in [5, 5.41) is 15.7. The lowest BCUT2D eigenvalue weighted by molar-refractivity contribution is -0.137. The number of nitrogens with one attached hydrogen (secondary N) is 4. The van der Waals surface area contributed by atoms with Crippen molar-refractivity contribution in [2.45, 2.75) is 98.1 Å². The molecule has 5 N–H and O–H groups in total. The number of H-pyrrole nitrogens is 2. The Balaban J connectivity index is 1.56. The first kappa shape index (κ1) is 30.3. The molecule has 4 unspecified atom stereocenters. The number of carboxylic acids is 1. The summed E-state index contributed by atoms with van der Waals surface area (Å²) < 4.78 is 0. The molecule has 1 aliphatic carbocycles. The molecule has 0 spiro atoms. The van der Waals surface area contributed by atoms with E-state index in [0.29, 0.717) is 30.4 Å². The molecular formula is C34H42N4O5. The van der Waals surface area contributed by atoms with Gasteiger partial charge in [-0.15, -0.1) is 0 Å². The van der Waals surface area contributed by atoms with Crippen molar-refractivity contribution in [2.24, 2.45) is 5.92 Å². The minimum Gasteiger partial charge on any atom is -0.481 e. The van der Waals surface area contributed by atoms with Crippen LogP contribution in [0, 0.1) is 19.8 Å². The smallest absolute Gasteiger partial charge is 0.303 e. The molecule has 0 saturated heterocycles. The molecule has 0 saturated carbocycles. The number of Topliss-reactive ketones (excluding diaryl/α,β-unsaturated/α-hetero) is 1. The lowest BCUT2D eigenvalue weighted by Crippen LogP contribution is -2.43. The first-order valence-corrected chi connectivity index (χ1v) is 15.1. The van der Waals surface area contributed by atoms with Crippen LogP contribution in [-0.4, -0.2) is 50.2 Å². The van der Waals surface area contributed by atoms with Crippen molar-refractivity contribution in [1.29, 1.82) is 0 Å². The Hall–Kier alpha value is -4.14. The zero-order valence-corrected chi connectivity index (χ0v) is 26.1. The van der Waals surface area contributed by atoms with Gasteiger partial charge in [0.05, 0.1) is 11.6 Å². The summed E-state index contributed by atoms with van der Waals surface area (Å²) in [6.45, 7) is 17.5. The molecule has 2 aromatic rings.